The summed E-state index contributed by atoms with van der Waals surface area (Å²) in [6.45, 7) is -0.0198. The third kappa shape index (κ3) is 4.50. The molecule has 0 aromatic heterocycles. The molecule has 0 aliphatic heterocycles. The highest BCUT2D eigenvalue weighted by atomic mass is 127. The number of hydrogen-bond donors (Lipinski definition) is 1. The van der Waals surface area contributed by atoms with Crippen LogP contribution in [0.15, 0.2) is 53.0 Å². The van der Waals surface area contributed by atoms with Crippen LogP contribution in [0.5, 0.6) is 5.75 Å². The molecule has 0 unspecified atom stereocenters. The minimum atomic E-state index is -0.183. The zero-order chi connectivity index (χ0) is 13.7. The molecule has 1 amide bonds. The second-order valence-electron chi connectivity index (χ2n) is 3.78. The molecule has 1 N–H and O–H groups in total. The van der Waals surface area contributed by atoms with Crippen molar-refractivity contribution in [3.63, 3.8) is 0 Å². The van der Waals surface area contributed by atoms with E-state index in [0.717, 1.165) is 13.7 Å². The van der Waals surface area contributed by atoms with Gasteiger partial charge in [0.05, 0.1) is 4.47 Å². The predicted molar refractivity (Wildman–Crippen MR) is 87.4 cm³/mol. The summed E-state index contributed by atoms with van der Waals surface area (Å²) in [6.07, 6.45) is 0. The van der Waals surface area contributed by atoms with Gasteiger partial charge in [-0.15, -0.1) is 0 Å². The molecule has 5 heteroatoms. The maximum Gasteiger partial charge on any atom is 0.262 e. The van der Waals surface area contributed by atoms with Crippen molar-refractivity contribution in [2.45, 2.75) is 0 Å². The van der Waals surface area contributed by atoms with E-state index in [1.807, 2.05) is 48.5 Å². The summed E-state index contributed by atoms with van der Waals surface area (Å²) in [5, 5.41) is 2.79. The number of amides is 1. The lowest BCUT2D eigenvalue weighted by molar-refractivity contribution is -0.118. The van der Waals surface area contributed by atoms with Crippen molar-refractivity contribution in [2.75, 3.05) is 11.9 Å². The van der Waals surface area contributed by atoms with Gasteiger partial charge >= 0.3 is 0 Å². The van der Waals surface area contributed by atoms with Gasteiger partial charge in [0.1, 0.15) is 5.75 Å². The van der Waals surface area contributed by atoms with Crippen LogP contribution in [0.3, 0.4) is 0 Å². The molecule has 0 bridgehead atoms. The van der Waals surface area contributed by atoms with Gasteiger partial charge in [-0.25, -0.2) is 0 Å². The molecule has 0 fully saturated rings. The lowest BCUT2D eigenvalue weighted by atomic mass is 10.3. The van der Waals surface area contributed by atoms with Gasteiger partial charge in [0.15, 0.2) is 6.61 Å². The van der Waals surface area contributed by atoms with Crippen molar-refractivity contribution in [3.8, 4) is 5.75 Å². The average Bonchev–Trinajstić information content (AvgIpc) is 2.38. The number of anilines is 1. The monoisotopic (exact) mass is 431 g/mol. The molecule has 0 aliphatic rings. The van der Waals surface area contributed by atoms with Crippen molar-refractivity contribution in [1.82, 2.24) is 0 Å². The summed E-state index contributed by atoms with van der Waals surface area (Å²) in [5.74, 6) is 0.470. The highest BCUT2D eigenvalue weighted by molar-refractivity contribution is 14.1. The molecule has 2 rings (SSSR count). The molecular weight excluding hydrogens is 421 g/mol. The molecule has 0 spiro atoms. The fourth-order valence-electron chi connectivity index (χ4n) is 1.47. The Balaban J connectivity index is 1.90. The molecule has 0 saturated heterocycles. The summed E-state index contributed by atoms with van der Waals surface area (Å²) in [7, 11) is 0. The first kappa shape index (κ1) is 14.3. The molecule has 0 heterocycles. The maximum atomic E-state index is 11.8. The third-order valence-corrected chi connectivity index (χ3v) is 3.63. The Hall–Kier alpha value is -1.08. The number of rotatable bonds is 4. The van der Waals surface area contributed by atoms with Crippen LogP contribution < -0.4 is 10.1 Å². The molecule has 0 atom stereocenters. The van der Waals surface area contributed by atoms with Crippen molar-refractivity contribution in [1.29, 1.82) is 0 Å². The number of benzene rings is 2. The molecule has 2 aromatic carbocycles. The van der Waals surface area contributed by atoms with E-state index >= 15 is 0 Å². The molecule has 3 nitrogen and oxygen atoms in total. The largest absolute Gasteiger partial charge is 0.483 e. The minimum Gasteiger partial charge on any atom is -0.483 e. The number of nitrogens with one attached hydrogen (secondary N) is 1. The molecule has 0 aliphatic carbocycles. The quantitative estimate of drug-likeness (QED) is 0.741. The average molecular weight is 432 g/mol. The first-order valence-corrected chi connectivity index (χ1v) is 7.45. The lowest BCUT2D eigenvalue weighted by Crippen LogP contribution is -2.20. The van der Waals surface area contributed by atoms with Gasteiger partial charge < -0.3 is 10.1 Å². The van der Waals surface area contributed by atoms with Crippen molar-refractivity contribution < 1.29 is 9.53 Å². The number of hydrogen-bond acceptors (Lipinski definition) is 2. The smallest absolute Gasteiger partial charge is 0.262 e. The minimum absolute atomic E-state index is 0.0198. The zero-order valence-electron chi connectivity index (χ0n) is 9.90. The van der Waals surface area contributed by atoms with Gasteiger partial charge in [-0.05, 0) is 68.9 Å². The Labute approximate surface area is 133 Å². The topological polar surface area (TPSA) is 38.3 Å². The van der Waals surface area contributed by atoms with E-state index in [1.54, 1.807) is 0 Å². The summed E-state index contributed by atoms with van der Waals surface area (Å²) in [4.78, 5) is 11.8. The fourth-order valence-corrected chi connectivity index (χ4v) is 2.41. The molecule has 0 radical (unpaired) electrons. The Morgan fingerprint density at radius 1 is 1.21 bits per heavy atom. The predicted octanol–water partition coefficient (Wildman–Crippen LogP) is 4.07. The van der Waals surface area contributed by atoms with Crippen LogP contribution in [0, 0.1) is 3.57 Å². The normalized spacial score (nSPS) is 10.0. The number of carbonyl (C=O) groups excluding carboxylic acids is 1. The van der Waals surface area contributed by atoms with Gasteiger partial charge in [0, 0.05) is 9.26 Å². The highest BCUT2D eigenvalue weighted by Crippen LogP contribution is 2.23. The molecule has 98 valence electrons. The number of ether oxygens (including phenoxy) is 1. The Morgan fingerprint density at radius 2 is 2.00 bits per heavy atom. The Bertz CT molecular complexity index is 589. The van der Waals surface area contributed by atoms with E-state index in [9.17, 15) is 4.79 Å². The van der Waals surface area contributed by atoms with E-state index in [1.165, 1.54) is 0 Å². The van der Waals surface area contributed by atoms with Crippen LogP contribution >= 0.6 is 38.5 Å². The van der Waals surface area contributed by atoms with Crippen LogP contribution in [0.2, 0.25) is 0 Å². The van der Waals surface area contributed by atoms with Crippen LogP contribution in [0.1, 0.15) is 0 Å². The summed E-state index contributed by atoms with van der Waals surface area (Å²) < 4.78 is 7.34. The second kappa shape index (κ2) is 6.91. The summed E-state index contributed by atoms with van der Waals surface area (Å²) in [6, 6.07) is 15.0. The first-order valence-electron chi connectivity index (χ1n) is 5.58. The highest BCUT2D eigenvalue weighted by Gasteiger charge is 2.05. The van der Waals surface area contributed by atoms with Crippen LogP contribution in [0.25, 0.3) is 0 Å². The van der Waals surface area contributed by atoms with Gasteiger partial charge in [-0.3, -0.25) is 4.79 Å². The second-order valence-corrected chi connectivity index (χ2v) is 5.88. The van der Waals surface area contributed by atoms with Gasteiger partial charge in [0.2, 0.25) is 0 Å². The van der Waals surface area contributed by atoms with Crippen LogP contribution in [-0.2, 0) is 4.79 Å². The summed E-state index contributed by atoms with van der Waals surface area (Å²) >= 11 is 5.56. The Morgan fingerprint density at radius 3 is 2.74 bits per heavy atom. The number of para-hydroxylation sites is 1. The Kier molecular flexibility index (Phi) is 5.21. The van der Waals surface area contributed by atoms with E-state index in [4.69, 9.17) is 4.74 Å². The fraction of sp³-hybridized carbons (Fsp3) is 0.0714. The van der Waals surface area contributed by atoms with Crippen LogP contribution in [0.4, 0.5) is 5.69 Å². The van der Waals surface area contributed by atoms with E-state index in [0.29, 0.717) is 5.75 Å². The standard InChI is InChI=1S/C14H11BrINO2/c15-12-6-1-2-7-13(12)19-9-14(18)17-11-5-3-4-10(16)8-11/h1-8H,9H2,(H,17,18). The third-order valence-electron chi connectivity index (χ3n) is 2.30. The maximum absolute atomic E-state index is 11.8. The van der Waals surface area contributed by atoms with E-state index < -0.39 is 0 Å². The SMILES string of the molecule is O=C(COc1ccccc1Br)Nc1cccc(I)c1. The van der Waals surface area contributed by atoms with Crippen molar-refractivity contribution >= 4 is 50.1 Å². The number of carbonyl (C=O) groups is 1. The number of halogens is 2. The van der Waals surface area contributed by atoms with Crippen molar-refractivity contribution in [2.24, 2.45) is 0 Å². The molecular formula is C14H11BrINO2. The van der Waals surface area contributed by atoms with Gasteiger partial charge in [0.25, 0.3) is 5.91 Å². The summed E-state index contributed by atoms with van der Waals surface area (Å²) in [5.41, 5.74) is 0.771. The van der Waals surface area contributed by atoms with Crippen molar-refractivity contribution in [3.05, 3.63) is 56.6 Å². The van der Waals surface area contributed by atoms with Gasteiger partial charge in [-0.1, -0.05) is 18.2 Å². The molecule has 2 aromatic rings. The lowest BCUT2D eigenvalue weighted by Gasteiger charge is -2.08. The molecule has 19 heavy (non-hydrogen) atoms. The van der Waals surface area contributed by atoms with Crippen LogP contribution in [-0.4, -0.2) is 12.5 Å². The van der Waals surface area contributed by atoms with Gasteiger partial charge in [-0.2, -0.15) is 0 Å². The first-order chi connectivity index (χ1) is 9.15. The van der Waals surface area contributed by atoms with E-state index in [-0.39, 0.29) is 12.5 Å². The zero-order valence-corrected chi connectivity index (χ0v) is 13.6. The molecule has 0 saturated carbocycles. The van der Waals surface area contributed by atoms with E-state index in [2.05, 4.69) is 43.8 Å².